The average molecular weight is 263 g/mol. The first-order valence-corrected chi connectivity index (χ1v) is 7.01. The van der Waals surface area contributed by atoms with Crippen LogP contribution in [0.3, 0.4) is 0 Å². The number of carboxylic acids is 1. The molecule has 0 aliphatic carbocycles. The van der Waals surface area contributed by atoms with Crippen molar-refractivity contribution in [2.45, 2.75) is 39.5 Å². The van der Waals surface area contributed by atoms with Crippen molar-refractivity contribution >= 4 is 11.7 Å². The molecule has 0 atom stereocenters. The molecule has 0 aromatic heterocycles. The first kappa shape index (κ1) is 15.5. The first-order valence-electron chi connectivity index (χ1n) is 7.01. The van der Waals surface area contributed by atoms with Crippen LogP contribution in [-0.4, -0.2) is 24.7 Å². The fourth-order valence-corrected chi connectivity index (χ4v) is 2.11. The molecule has 0 saturated heterocycles. The van der Waals surface area contributed by atoms with Crippen LogP contribution in [0.2, 0.25) is 0 Å². The van der Waals surface area contributed by atoms with Crippen molar-refractivity contribution in [1.82, 2.24) is 0 Å². The Morgan fingerprint density at radius 2 is 1.84 bits per heavy atom. The minimum Gasteiger partial charge on any atom is -0.481 e. The van der Waals surface area contributed by atoms with Gasteiger partial charge < -0.3 is 10.0 Å². The van der Waals surface area contributed by atoms with Crippen molar-refractivity contribution in [3.63, 3.8) is 0 Å². The van der Waals surface area contributed by atoms with E-state index in [-0.39, 0.29) is 6.42 Å². The Morgan fingerprint density at radius 1 is 1.21 bits per heavy atom. The van der Waals surface area contributed by atoms with E-state index in [0.717, 1.165) is 25.8 Å². The molecule has 106 valence electrons. The maximum absolute atomic E-state index is 10.4. The molecule has 19 heavy (non-hydrogen) atoms. The van der Waals surface area contributed by atoms with Gasteiger partial charge in [-0.1, -0.05) is 26.0 Å². The fraction of sp³-hybridized carbons (Fsp3) is 0.562. The summed E-state index contributed by atoms with van der Waals surface area (Å²) in [4.78, 5) is 12.6. The third-order valence-corrected chi connectivity index (χ3v) is 3.16. The number of rotatable bonds is 8. The highest BCUT2D eigenvalue weighted by Gasteiger charge is 2.03. The second kappa shape index (κ2) is 7.82. The van der Waals surface area contributed by atoms with Gasteiger partial charge >= 0.3 is 5.97 Å². The molecular formula is C16H25NO2. The molecular weight excluding hydrogens is 238 g/mol. The molecule has 3 nitrogen and oxygen atoms in total. The van der Waals surface area contributed by atoms with Crippen molar-refractivity contribution in [1.29, 1.82) is 0 Å². The van der Waals surface area contributed by atoms with E-state index in [0.29, 0.717) is 5.92 Å². The Balaban J connectivity index is 2.39. The summed E-state index contributed by atoms with van der Waals surface area (Å²) in [6, 6.07) is 8.66. The zero-order chi connectivity index (χ0) is 14.3. The van der Waals surface area contributed by atoms with Crippen LogP contribution in [-0.2, 0) is 11.2 Å². The minimum absolute atomic E-state index is 0.265. The van der Waals surface area contributed by atoms with E-state index in [2.05, 4.69) is 50.1 Å². The largest absolute Gasteiger partial charge is 0.481 e. The smallest absolute Gasteiger partial charge is 0.303 e. The molecule has 0 aliphatic rings. The quantitative estimate of drug-likeness (QED) is 0.729. The predicted molar refractivity (Wildman–Crippen MR) is 79.7 cm³/mol. The summed E-state index contributed by atoms with van der Waals surface area (Å²) in [5, 5.41) is 8.58. The van der Waals surface area contributed by atoms with Crippen molar-refractivity contribution in [2.24, 2.45) is 5.92 Å². The summed E-state index contributed by atoms with van der Waals surface area (Å²) in [5.41, 5.74) is 2.57. The lowest BCUT2D eigenvalue weighted by atomic mass is 10.0. The average Bonchev–Trinajstić information content (AvgIpc) is 2.34. The molecule has 0 radical (unpaired) electrons. The highest BCUT2D eigenvalue weighted by atomic mass is 16.4. The van der Waals surface area contributed by atoms with Crippen LogP contribution in [0.4, 0.5) is 5.69 Å². The van der Waals surface area contributed by atoms with Crippen molar-refractivity contribution < 1.29 is 9.90 Å². The van der Waals surface area contributed by atoms with Crippen molar-refractivity contribution in [3.05, 3.63) is 29.8 Å². The lowest BCUT2D eigenvalue weighted by Crippen LogP contribution is -2.18. The van der Waals surface area contributed by atoms with E-state index < -0.39 is 5.97 Å². The molecule has 0 aliphatic heterocycles. The molecule has 0 bridgehead atoms. The molecule has 3 heteroatoms. The predicted octanol–water partition coefficient (Wildman–Crippen LogP) is 3.58. The summed E-state index contributed by atoms with van der Waals surface area (Å²) >= 11 is 0. The number of carbonyl (C=O) groups is 1. The molecule has 1 rings (SSSR count). The van der Waals surface area contributed by atoms with Crippen LogP contribution in [0, 0.1) is 5.92 Å². The third kappa shape index (κ3) is 6.27. The zero-order valence-corrected chi connectivity index (χ0v) is 12.2. The topological polar surface area (TPSA) is 40.5 Å². The maximum Gasteiger partial charge on any atom is 0.303 e. The van der Waals surface area contributed by atoms with Gasteiger partial charge in [-0.2, -0.15) is 0 Å². The number of anilines is 1. The van der Waals surface area contributed by atoms with Crippen LogP contribution in [0.25, 0.3) is 0 Å². The van der Waals surface area contributed by atoms with Gasteiger partial charge in [0.1, 0.15) is 0 Å². The summed E-state index contributed by atoms with van der Waals surface area (Å²) in [6.45, 7) is 5.35. The van der Waals surface area contributed by atoms with E-state index in [1.165, 1.54) is 11.3 Å². The second-order valence-electron chi connectivity index (χ2n) is 5.54. The number of unbranched alkanes of at least 4 members (excludes halogenated alkanes) is 1. The van der Waals surface area contributed by atoms with Crippen LogP contribution < -0.4 is 4.90 Å². The molecule has 1 aromatic rings. The van der Waals surface area contributed by atoms with Crippen LogP contribution in [0.5, 0.6) is 0 Å². The zero-order valence-electron chi connectivity index (χ0n) is 12.2. The molecule has 0 fully saturated rings. The summed E-state index contributed by atoms with van der Waals surface area (Å²) < 4.78 is 0. The summed E-state index contributed by atoms with van der Waals surface area (Å²) in [6.07, 6.45) is 3.03. The van der Waals surface area contributed by atoms with E-state index in [9.17, 15) is 4.79 Å². The van der Waals surface area contributed by atoms with Gasteiger partial charge in [-0.3, -0.25) is 4.79 Å². The number of hydrogen-bond acceptors (Lipinski definition) is 2. The van der Waals surface area contributed by atoms with E-state index in [1.807, 2.05) is 0 Å². The van der Waals surface area contributed by atoms with Crippen LogP contribution >= 0.6 is 0 Å². The minimum atomic E-state index is -0.708. The Kier molecular flexibility index (Phi) is 6.40. The maximum atomic E-state index is 10.4. The van der Waals surface area contributed by atoms with Crippen LogP contribution in [0.15, 0.2) is 24.3 Å². The van der Waals surface area contributed by atoms with Gasteiger partial charge in [-0.05, 0) is 42.9 Å². The lowest BCUT2D eigenvalue weighted by Gasteiger charge is -2.19. The fourth-order valence-electron chi connectivity index (χ4n) is 2.11. The Morgan fingerprint density at radius 3 is 2.37 bits per heavy atom. The molecule has 0 heterocycles. The normalized spacial score (nSPS) is 10.7. The Labute approximate surface area is 116 Å². The number of hydrogen-bond donors (Lipinski definition) is 1. The lowest BCUT2D eigenvalue weighted by molar-refractivity contribution is -0.137. The van der Waals surface area contributed by atoms with Crippen molar-refractivity contribution in [2.75, 3.05) is 18.5 Å². The number of nitrogens with zero attached hydrogens (tertiary/aromatic N) is 1. The second-order valence-corrected chi connectivity index (χ2v) is 5.54. The molecule has 0 spiro atoms. The summed E-state index contributed by atoms with van der Waals surface area (Å²) in [7, 11) is 2.05. The Bertz CT molecular complexity index is 384. The first-order chi connectivity index (χ1) is 8.99. The van der Waals surface area contributed by atoms with Gasteiger partial charge in [0, 0.05) is 25.7 Å². The van der Waals surface area contributed by atoms with Gasteiger partial charge in [0.15, 0.2) is 0 Å². The highest BCUT2D eigenvalue weighted by molar-refractivity contribution is 5.66. The SMILES string of the molecule is CC(C)Cc1ccc(N(C)CCCCC(=O)O)cc1. The monoisotopic (exact) mass is 263 g/mol. The number of aliphatic carboxylic acids is 1. The van der Waals surface area contributed by atoms with Gasteiger partial charge in [0.05, 0.1) is 0 Å². The molecule has 0 saturated carbocycles. The molecule has 1 N–H and O–H groups in total. The van der Waals surface area contributed by atoms with Gasteiger partial charge in [-0.15, -0.1) is 0 Å². The van der Waals surface area contributed by atoms with Gasteiger partial charge in [0.25, 0.3) is 0 Å². The number of carboxylic acid groups (broad SMARTS) is 1. The van der Waals surface area contributed by atoms with Gasteiger partial charge in [0.2, 0.25) is 0 Å². The summed E-state index contributed by atoms with van der Waals surface area (Å²) in [5.74, 6) is -0.0275. The van der Waals surface area contributed by atoms with Crippen LogP contribution in [0.1, 0.15) is 38.7 Å². The highest BCUT2D eigenvalue weighted by Crippen LogP contribution is 2.16. The molecule has 0 unspecified atom stereocenters. The molecule has 0 amide bonds. The van der Waals surface area contributed by atoms with E-state index >= 15 is 0 Å². The number of benzene rings is 1. The Hall–Kier alpha value is -1.51. The van der Waals surface area contributed by atoms with Gasteiger partial charge in [-0.25, -0.2) is 0 Å². The standard InChI is InChI=1S/C16H25NO2/c1-13(2)12-14-7-9-15(10-8-14)17(3)11-5-4-6-16(18)19/h7-10,13H,4-6,11-12H2,1-3H3,(H,18,19). The van der Waals surface area contributed by atoms with Crippen molar-refractivity contribution in [3.8, 4) is 0 Å². The van der Waals surface area contributed by atoms with E-state index in [4.69, 9.17) is 5.11 Å². The molecule has 1 aromatic carbocycles. The van der Waals surface area contributed by atoms with E-state index in [1.54, 1.807) is 0 Å². The third-order valence-electron chi connectivity index (χ3n) is 3.16.